The molecular weight excluding hydrogens is 192 g/mol. The predicted molar refractivity (Wildman–Crippen MR) is 55.8 cm³/mol. The van der Waals surface area contributed by atoms with Crippen LogP contribution in [0.5, 0.6) is 0 Å². The molecule has 0 spiro atoms. The van der Waals surface area contributed by atoms with Crippen molar-refractivity contribution in [1.29, 1.82) is 0 Å². The third kappa shape index (κ3) is 2.32. The Bertz CT molecular complexity index is 427. The number of hydrogen-bond donors (Lipinski definition) is 2. The Hall–Kier alpha value is -1.88. The highest BCUT2D eigenvalue weighted by Crippen LogP contribution is 2.16. The van der Waals surface area contributed by atoms with E-state index < -0.39 is 6.10 Å². The summed E-state index contributed by atoms with van der Waals surface area (Å²) in [5.74, 6) is 0. The average Bonchev–Trinajstić information content (AvgIpc) is 2.70. The first-order chi connectivity index (χ1) is 7.25. The summed E-state index contributed by atoms with van der Waals surface area (Å²) in [7, 11) is 0. The summed E-state index contributed by atoms with van der Waals surface area (Å²) in [5.41, 5.74) is 7.05. The van der Waals surface area contributed by atoms with E-state index in [0.29, 0.717) is 12.2 Å². The van der Waals surface area contributed by atoms with Gasteiger partial charge in [0.25, 0.3) is 0 Å². The normalized spacial score (nSPS) is 12.6. The van der Waals surface area contributed by atoms with Crippen LogP contribution in [-0.2, 0) is 6.54 Å². The Balaban J connectivity index is 2.11. The number of anilines is 1. The number of nitrogens with zero attached hydrogens (tertiary/aromatic N) is 3. The van der Waals surface area contributed by atoms with Crippen LogP contribution in [0.4, 0.5) is 5.69 Å². The maximum Gasteiger partial charge on any atom is 0.137 e. The van der Waals surface area contributed by atoms with Crippen molar-refractivity contribution in [3.63, 3.8) is 0 Å². The molecule has 0 aliphatic heterocycles. The van der Waals surface area contributed by atoms with Gasteiger partial charge in [0.15, 0.2) is 0 Å². The molecular formula is C10H12N4O. The second-order valence-electron chi connectivity index (χ2n) is 3.30. The molecule has 0 amide bonds. The molecule has 0 bridgehead atoms. The van der Waals surface area contributed by atoms with E-state index >= 15 is 0 Å². The van der Waals surface area contributed by atoms with Gasteiger partial charge in [-0.3, -0.25) is 4.68 Å². The fourth-order valence-electron chi connectivity index (χ4n) is 1.38. The van der Waals surface area contributed by atoms with Crippen LogP contribution in [0.15, 0.2) is 36.9 Å². The Morgan fingerprint density at radius 2 is 2.33 bits per heavy atom. The lowest BCUT2D eigenvalue weighted by Gasteiger charge is -2.10. The third-order valence-electron chi connectivity index (χ3n) is 2.12. The molecule has 1 atom stereocenters. The predicted octanol–water partition coefficient (Wildman–Crippen LogP) is 0.594. The molecule has 78 valence electrons. The van der Waals surface area contributed by atoms with E-state index in [1.54, 1.807) is 23.1 Å². The van der Waals surface area contributed by atoms with E-state index in [9.17, 15) is 5.11 Å². The number of hydrogen-bond acceptors (Lipinski definition) is 4. The fourth-order valence-corrected chi connectivity index (χ4v) is 1.38. The fraction of sp³-hybridized carbons (Fsp3) is 0.200. The highest BCUT2D eigenvalue weighted by atomic mass is 16.3. The number of nitrogens with two attached hydrogens (primary N) is 1. The van der Waals surface area contributed by atoms with Crippen LogP contribution in [0.2, 0.25) is 0 Å². The van der Waals surface area contributed by atoms with Crippen LogP contribution in [0, 0.1) is 0 Å². The average molecular weight is 204 g/mol. The van der Waals surface area contributed by atoms with Gasteiger partial charge in [-0.1, -0.05) is 12.1 Å². The summed E-state index contributed by atoms with van der Waals surface area (Å²) >= 11 is 0. The van der Waals surface area contributed by atoms with E-state index in [0.717, 1.165) is 5.56 Å². The Labute approximate surface area is 87.2 Å². The SMILES string of the molecule is Nc1cccc(C(O)Cn2cncn2)c1. The van der Waals surface area contributed by atoms with Crippen LogP contribution < -0.4 is 5.73 Å². The molecule has 0 aliphatic carbocycles. The van der Waals surface area contributed by atoms with Crippen LogP contribution in [0.3, 0.4) is 0 Å². The molecule has 0 fully saturated rings. The molecule has 2 rings (SSSR count). The van der Waals surface area contributed by atoms with E-state index in [2.05, 4.69) is 10.1 Å². The van der Waals surface area contributed by atoms with Gasteiger partial charge in [0.05, 0.1) is 12.6 Å². The molecule has 1 unspecified atom stereocenters. The van der Waals surface area contributed by atoms with Crippen LogP contribution in [0.1, 0.15) is 11.7 Å². The quantitative estimate of drug-likeness (QED) is 0.717. The summed E-state index contributed by atoms with van der Waals surface area (Å²) in [5, 5.41) is 13.8. The van der Waals surface area contributed by atoms with E-state index in [1.165, 1.54) is 6.33 Å². The smallest absolute Gasteiger partial charge is 0.137 e. The van der Waals surface area contributed by atoms with Crippen LogP contribution in [-0.4, -0.2) is 19.9 Å². The van der Waals surface area contributed by atoms with Gasteiger partial charge in [0.2, 0.25) is 0 Å². The Morgan fingerprint density at radius 3 is 3.00 bits per heavy atom. The Morgan fingerprint density at radius 1 is 1.47 bits per heavy atom. The Kier molecular flexibility index (Phi) is 2.64. The standard InChI is InChI=1S/C10H12N4O/c11-9-3-1-2-8(4-9)10(15)5-14-7-12-6-13-14/h1-4,6-7,10,15H,5,11H2. The van der Waals surface area contributed by atoms with E-state index in [-0.39, 0.29) is 0 Å². The number of nitrogen functional groups attached to an aromatic ring is 1. The van der Waals surface area contributed by atoms with Crippen molar-refractivity contribution in [2.45, 2.75) is 12.6 Å². The lowest BCUT2D eigenvalue weighted by Crippen LogP contribution is -2.09. The van der Waals surface area contributed by atoms with Crippen molar-refractivity contribution < 1.29 is 5.11 Å². The van der Waals surface area contributed by atoms with Gasteiger partial charge in [0, 0.05) is 5.69 Å². The highest BCUT2D eigenvalue weighted by Gasteiger charge is 2.08. The second kappa shape index (κ2) is 4.10. The van der Waals surface area contributed by atoms with Crippen LogP contribution in [0.25, 0.3) is 0 Å². The maximum absolute atomic E-state index is 9.87. The third-order valence-corrected chi connectivity index (χ3v) is 2.12. The molecule has 1 aromatic carbocycles. The maximum atomic E-state index is 9.87. The zero-order chi connectivity index (χ0) is 10.7. The number of aliphatic hydroxyl groups excluding tert-OH is 1. The summed E-state index contributed by atoms with van der Waals surface area (Å²) in [4.78, 5) is 3.80. The highest BCUT2D eigenvalue weighted by molar-refractivity contribution is 5.41. The molecule has 0 radical (unpaired) electrons. The van der Waals surface area contributed by atoms with Gasteiger partial charge >= 0.3 is 0 Å². The number of rotatable bonds is 3. The zero-order valence-electron chi connectivity index (χ0n) is 8.11. The summed E-state index contributed by atoms with van der Waals surface area (Å²) in [6.45, 7) is 0.378. The van der Waals surface area contributed by atoms with Gasteiger partial charge in [-0.05, 0) is 17.7 Å². The minimum Gasteiger partial charge on any atom is -0.399 e. The van der Waals surface area contributed by atoms with Crippen molar-refractivity contribution in [2.75, 3.05) is 5.73 Å². The molecule has 15 heavy (non-hydrogen) atoms. The minimum absolute atomic E-state index is 0.378. The molecule has 2 aromatic rings. The van der Waals surface area contributed by atoms with Crippen LogP contribution >= 0.6 is 0 Å². The van der Waals surface area contributed by atoms with Crippen molar-refractivity contribution in [3.05, 3.63) is 42.5 Å². The molecule has 5 nitrogen and oxygen atoms in total. The molecule has 0 saturated heterocycles. The molecule has 0 saturated carbocycles. The van der Waals surface area contributed by atoms with E-state index in [4.69, 9.17) is 5.73 Å². The van der Waals surface area contributed by atoms with Crippen molar-refractivity contribution >= 4 is 5.69 Å². The lowest BCUT2D eigenvalue weighted by atomic mass is 10.1. The van der Waals surface area contributed by atoms with E-state index in [1.807, 2.05) is 12.1 Å². The van der Waals surface area contributed by atoms with Gasteiger partial charge in [0.1, 0.15) is 12.7 Å². The first-order valence-corrected chi connectivity index (χ1v) is 4.61. The first kappa shape index (κ1) is 9.67. The van der Waals surface area contributed by atoms with Crippen molar-refractivity contribution in [3.8, 4) is 0 Å². The second-order valence-corrected chi connectivity index (χ2v) is 3.30. The van der Waals surface area contributed by atoms with Gasteiger partial charge < -0.3 is 10.8 Å². The number of benzene rings is 1. The molecule has 3 N–H and O–H groups in total. The van der Waals surface area contributed by atoms with Gasteiger partial charge in [-0.15, -0.1) is 0 Å². The summed E-state index contributed by atoms with van der Waals surface area (Å²) in [6.07, 6.45) is 2.39. The largest absolute Gasteiger partial charge is 0.399 e. The molecule has 5 heteroatoms. The minimum atomic E-state index is -0.616. The topological polar surface area (TPSA) is 77.0 Å². The summed E-state index contributed by atoms with van der Waals surface area (Å²) < 4.78 is 1.58. The number of aromatic nitrogens is 3. The first-order valence-electron chi connectivity index (χ1n) is 4.61. The zero-order valence-corrected chi connectivity index (χ0v) is 8.11. The lowest BCUT2D eigenvalue weighted by molar-refractivity contribution is 0.151. The number of aliphatic hydroxyl groups is 1. The summed E-state index contributed by atoms with van der Waals surface area (Å²) in [6, 6.07) is 7.18. The van der Waals surface area contributed by atoms with Crippen molar-refractivity contribution in [2.24, 2.45) is 0 Å². The monoisotopic (exact) mass is 204 g/mol. The molecule has 0 aliphatic rings. The van der Waals surface area contributed by atoms with Crippen molar-refractivity contribution in [1.82, 2.24) is 14.8 Å². The van der Waals surface area contributed by atoms with Gasteiger partial charge in [-0.25, -0.2) is 4.98 Å². The van der Waals surface area contributed by atoms with Gasteiger partial charge in [-0.2, -0.15) is 5.10 Å². The molecule has 1 heterocycles. The molecule has 1 aromatic heterocycles.